The van der Waals surface area contributed by atoms with E-state index in [-0.39, 0.29) is 45.9 Å². The van der Waals surface area contributed by atoms with Gasteiger partial charge >= 0.3 is 23.9 Å². The number of ether oxygens (including phenoxy) is 3. The van der Waals surface area contributed by atoms with Crippen molar-refractivity contribution in [2.45, 2.75) is 19.4 Å². The Morgan fingerprint density at radius 2 is 1.36 bits per heavy atom. The van der Waals surface area contributed by atoms with Crippen molar-refractivity contribution in [2.75, 3.05) is 45.9 Å². The van der Waals surface area contributed by atoms with Gasteiger partial charge in [0.25, 0.3) is 0 Å². The van der Waals surface area contributed by atoms with E-state index in [1.54, 1.807) is 0 Å². The number of carboxylic acids is 1. The fourth-order valence-electron chi connectivity index (χ4n) is 1.51. The zero-order valence-corrected chi connectivity index (χ0v) is 14.4. The van der Waals surface area contributed by atoms with Crippen LogP contribution in [0.1, 0.15) is 13.8 Å². The predicted molar refractivity (Wildman–Crippen MR) is 84.3 cm³/mol. The van der Waals surface area contributed by atoms with Gasteiger partial charge in [0.1, 0.15) is 13.2 Å². The van der Waals surface area contributed by atoms with Crippen LogP contribution in [0.25, 0.3) is 0 Å². The summed E-state index contributed by atoms with van der Waals surface area (Å²) in [4.78, 5) is 46.4. The molecular formula is C14H25N3O8. The van der Waals surface area contributed by atoms with Crippen molar-refractivity contribution in [3.05, 3.63) is 0 Å². The fourth-order valence-corrected chi connectivity index (χ4v) is 1.51. The highest BCUT2D eigenvalue weighted by Gasteiger charge is 2.32. The predicted octanol–water partition coefficient (Wildman–Crippen LogP) is -2.30. The number of carbonyl (C=O) groups is 4. The molecule has 0 unspecified atom stereocenters. The highest BCUT2D eigenvalue weighted by atomic mass is 16.6. The van der Waals surface area contributed by atoms with E-state index in [1.807, 2.05) is 0 Å². The molecule has 25 heavy (non-hydrogen) atoms. The van der Waals surface area contributed by atoms with Crippen LogP contribution in [-0.4, -0.2) is 85.4 Å². The third kappa shape index (κ3) is 10.3. The third-order valence-corrected chi connectivity index (χ3v) is 2.91. The van der Waals surface area contributed by atoms with E-state index in [1.165, 1.54) is 18.7 Å². The van der Waals surface area contributed by atoms with Gasteiger partial charge in [-0.2, -0.15) is 0 Å². The zero-order chi connectivity index (χ0) is 19.5. The van der Waals surface area contributed by atoms with Crippen molar-refractivity contribution in [2.24, 2.45) is 11.5 Å². The molecule has 0 saturated carbocycles. The number of aliphatic carboxylic acids is 1. The number of carboxylic acid groups (broad SMARTS) is 1. The van der Waals surface area contributed by atoms with Crippen molar-refractivity contribution in [1.82, 2.24) is 4.90 Å². The van der Waals surface area contributed by atoms with Crippen molar-refractivity contribution in [1.29, 1.82) is 0 Å². The smallest absolute Gasteiger partial charge is 0.347 e. The molecule has 5 N–H and O–H groups in total. The molecule has 0 saturated heterocycles. The van der Waals surface area contributed by atoms with Crippen molar-refractivity contribution in [3.8, 4) is 0 Å². The first-order valence-corrected chi connectivity index (χ1v) is 7.51. The van der Waals surface area contributed by atoms with Gasteiger partial charge in [0.2, 0.25) is 5.60 Å². The number of rotatable bonds is 12. The highest BCUT2D eigenvalue weighted by molar-refractivity contribution is 5.81. The highest BCUT2D eigenvalue weighted by Crippen LogP contribution is 2.09. The van der Waals surface area contributed by atoms with E-state index in [9.17, 15) is 19.2 Å². The molecule has 0 aromatic carbocycles. The molecule has 0 aromatic rings. The van der Waals surface area contributed by atoms with E-state index in [4.69, 9.17) is 30.8 Å². The van der Waals surface area contributed by atoms with Crippen LogP contribution in [-0.2, 0) is 33.4 Å². The molecule has 0 amide bonds. The molecule has 0 heterocycles. The summed E-state index contributed by atoms with van der Waals surface area (Å²) < 4.78 is 14.5. The SMILES string of the molecule is CC(C)(OC(=O)CN(CCOC(=O)CN)CCOC(=O)CN)C(=O)O. The monoisotopic (exact) mass is 363 g/mol. The van der Waals surface area contributed by atoms with Gasteiger partial charge in [0, 0.05) is 13.1 Å². The van der Waals surface area contributed by atoms with Gasteiger partial charge in [-0.3, -0.25) is 19.3 Å². The maximum atomic E-state index is 11.9. The second-order valence-electron chi connectivity index (χ2n) is 5.41. The van der Waals surface area contributed by atoms with Crippen LogP contribution in [0.2, 0.25) is 0 Å². The Bertz CT molecular complexity index is 459. The molecule has 0 aliphatic heterocycles. The largest absolute Gasteiger partial charge is 0.478 e. The lowest BCUT2D eigenvalue weighted by atomic mass is 10.1. The molecule has 0 aliphatic carbocycles. The second-order valence-corrected chi connectivity index (χ2v) is 5.41. The Labute approximate surface area is 145 Å². The minimum absolute atomic E-state index is 0.0452. The van der Waals surface area contributed by atoms with Crippen LogP contribution in [0, 0.1) is 0 Å². The Hall–Kier alpha value is -2.24. The van der Waals surface area contributed by atoms with Crippen molar-refractivity contribution >= 4 is 23.9 Å². The number of nitrogens with two attached hydrogens (primary N) is 2. The number of hydrogen-bond acceptors (Lipinski definition) is 10. The molecule has 0 spiro atoms. The summed E-state index contributed by atoms with van der Waals surface area (Å²) in [6.45, 7) is 1.83. The molecule has 144 valence electrons. The lowest BCUT2D eigenvalue weighted by molar-refractivity contribution is -0.175. The number of esters is 3. The maximum Gasteiger partial charge on any atom is 0.347 e. The number of hydrogen-bond donors (Lipinski definition) is 3. The van der Waals surface area contributed by atoms with Gasteiger partial charge in [-0.15, -0.1) is 0 Å². The van der Waals surface area contributed by atoms with Gasteiger partial charge in [0.05, 0.1) is 19.6 Å². The topological polar surface area (TPSA) is 171 Å². The molecule has 11 nitrogen and oxygen atoms in total. The molecular weight excluding hydrogens is 338 g/mol. The molecule has 0 radical (unpaired) electrons. The van der Waals surface area contributed by atoms with Crippen molar-refractivity contribution < 1.29 is 38.5 Å². The number of nitrogens with zero attached hydrogens (tertiary/aromatic N) is 1. The molecule has 0 bridgehead atoms. The quantitative estimate of drug-likeness (QED) is 0.251. The van der Waals surface area contributed by atoms with E-state index in [0.29, 0.717) is 0 Å². The van der Waals surface area contributed by atoms with Gasteiger partial charge < -0.3 is 30.8 Å². The minimum Gasteiger partial charge on any atom is -0.478 e. The average Bonchev–Trinajstić information content (AvgIpc) is 2.53. The molecule has 0 fully saturated rings. The standard InChI is InChI=1S/C14H25N3O8/c1-14(2,13(21)22)25-12(20)9-17(3-5-23-10(18)7-15)4-6-24-11(19)8-16/h3-9,15-16H2,1-2H3,(H,21,22). The van der Waals surface area contributed by atoms with Gasteiger partial charge in [-0.05, 0) is 13.8 Å². The lowest BCUT2D eigenvalue weighted by Crippen LogP contribution is -2.42. The van der Waals surface area contributed by atoms with Crippen LogP contribution in [0.5, 0.6) is 0 Å². The zero-order valence-electron chi connectivity index (χ0n) is 14.4. The van der Waals surface area contributed by atoms with Crippen LogP contribution in [0.3, 0.4) is 0 Å². The summed E-state index contributed by atoms with van der Waals surface area (Å²) >= 11 is 0. The molecule has 0 aliphatic rings. The second kappa shape index (κ2) is 11.3. The van der Waals surface area contributed by atoms with E-state index < -0.39 is 29.5 Å². The summed E-state index contributed by atoms with van der Waals surface area (Å²) in [5, 5.41) is 8.95. The average molecular weight is 363 g/mol. The first-order chi connectivity index (χ1) is 11.6. The molecule has 0 atom stereocenters. The molecule has 0 rings (SSSR count). The van der Waals surface area contributed by atoms with Crippen molar-refractivity contribution in [3.63, 3.8) is 0 Å². The normalized spacial score (nSPS) is 11.1. The Morgan fingerprint density at radius 3 is 1.72 bits per heavy atom. The van der Waals surface area contributed by atoms with Crippen LogP contribution < -0.4 is 11.5 Å². The van der Waals surface area contributed by atoms with Gasteiger partial charge in [-0.25, -0.2) is 4.79 Å². The van der Waals surface area contributed by atoms with Gasteiger partial charge in [0.15, 0.2) is 0 Å². The van der Waals surface area contributed by atoms with E-state index in [0.717, 1.165) is 0 Å². The van der Waals surface area contributed by atoms with Gasteiger partial charge in [-0.1, -0.05) is 0 Å². The summed E-state index contributed by atoms with van der Waals surface area (Å²) in [7, 11) is 0. The third-order valence-electron chi connectivity index (χ3n) is 2.91. The van der Waals surface area contributed by atoms with Crippen LogP contribution >= 0.6 is 0 Å². The number of carbonyl (C=O) groups excluding carboxylic acids is 3. The Morgan fingerprint density at radius 1 is 0.920 bits per heavy atom. The first-order valence-electron chi connectivity index (χ1n) is 7.51. The maximum absolute atomic E-state index is 11.9. The summed E-state index contributed by atoms with van der Waals surface area (Å²) in [6, 6.07) is 0. The summed E-state index contributed by atoms with van der Waals surface area (Å²) in [6.07, 6.45) is 0. The Kier molecular flexibility index (Phi) is 10.3. The summed E-state index contributed by atoms with van der Waals surface area (Å²) in [5.41, 5.74) is 8.54. The minimum atomic E-state index is -1.68. The Balaban J connectivity index is 4.58. The first kappa shape index (κ1) is 22.8. The summed E-state index contributed by atoms with van der Waals surface area (Å²) in [5.74, 6) is -3.29. The lowest BCUT2D eigenvalue weighted by Gasteiger charge is -2.24. The molecule has 0 aromatic heterocycles. The molecule has 11 heteroatoms. The van der Waals surface area contributed by atoms with Crippen LogP contribution in [0.15, 0.2) is 0 Å². The van der Waals surface area contributed by atoms with E-state index >= 15 is 0 Å². The van der Waals surface area contributed by atoms with E-state index in [2.05, 4.69) is 0 Å². The fraction of sp³-hybridized carbons (Fsp3) is 0.714. The van der Waals surface area contributed by atoms with Crippen LogP contribution in [0.4, 0.5) is 0 Å².